The van der Waals surface area contributed by atoms with Crippen molar-refractivity contribution in [1.82, 2.24) is 0 Å². The van der Waals surface area contributed by atoms with E-state index in [1.54, 1.807) is 0 Å². The maximum Gasteiger partial charge on any atom is 0.356 e. The average molecular weight is 191 g/mol. The van der Waals surface area contributed by atoms with Gasteiger partial charge in [-0.15, -0.1) is 0 Å². The van der Waals surface area contributed by atoms with Crippen molar-refractivity contribution in [2.24, 2.45) is 0 Å². The van der Waals surface area contributed by atoms with Gasteiger partial charge in [0.05, 0.1) is 0 Å². The van der Waals surface area contributed by atoms with E-state index in [9.17, 15) is 4.79 Å². The highest BCUT2D eigenvalue weighted by Crippen LogP contribution is 2.18. The van der Waals surface area contributed by atoms with Gasteiger partial charge in [-0.2, -0.15) is 0 Å². The quantitative estimate of drug-likeness (QED) is 0.689. The molecule has 1 N–H and O–H groups in total. The smallest absolute Gasteiger partial charge is 0.356 e. The van der Waals surface area contributed by atoms with Crippen LogP contribution in [-0.2, 0) is 15.7 Å². The summed E-state index contributed by atoms with van der Waals surface area (Å²) in [5.74, 6) is -0.666. The molecule has 0 spiro atoms. The van der Waals surface area contributed by atoms with E-state index in [1.807, 2.05) is 6.92 Å². The Balaban J connectivity index is 4.40. The van der Waals surface area contributed by atoms with Crippen molar-refractivity contribution >= 4 is 16.9 Å². The molecule has 1 atom stereocenters. The zero-order valence-corrected chi connectivity index (χ0v) is 9.31. The standard InChI is InChI=1S/C9H18O2S/c1-6(2)12(7(3)4)8(5)9(10)11/h6-8H,1-5H3/p+1. The van der Waals surface area contributed by atoms with E-state index >= 15 is 0 Å². The summed E-state index contributed by atoms with van der Waals surface area (Å²) >= 11 is 0. The second-order valence-electron chi connectivity index (χ2n) is 3.49. The predicted octanol–water partition coefficient (Wildman–Crippen LogP) is 1.89. The third kappa shape index (κ3) is 3.05. The minimum Gasteiger partial charge on any atom is -0.478 e. The molecule has 0 saturated heterocycles. The topological polar surface area (TPSA) is 37.3 Å². The molecule has 0 radical (unpaired) electrons. The van der Waals surface area contributed by atoms with Crippen LogP contribution in [0.1, 0.15) is 34.6 Å². The highest BCUT2D eigenvalue weighted by atomic mass is 32.2. The van der Waals surface area contributed by atoms with Crippen molar-refractivity contribution in [3.8, 4) is 0 Å². The van der Waals surface area contributed by atoms with Gasteiger partial charge < -0.3 is 5.11 Å². The van der Waals surface area contributed by atoms with E-state index in [2.05, 4.69) is 27.7 Å². The van der Waals surface area contributed by atoms with Crippen molar-refractivity contribution in [1.29, 1.82) is 0 Å². The van der Waals surface area contributed by atoms with Gasteiger partial charge in [-0.3, -0.25) is 0 Å². The summed E-state index contributed by atoms with van der Waals surface area (Å²) in [4.78, 5) is 10.8. The first kappa shape index (κ1) is 11.8. The van der Waals surface area contributed by atoms with E-state index in [0.29, 0.717) is 10.5 Å². The maximum atomic E-state index is 10.8. The van der Waals surface area contributed by atoms with E-state index in [4.69, 9.17) is 5.11 Å². The van der Waals surface area contributed by atoms with Crippen LogP contribution in [0.3, 0.4) is 0 Å². The Labute approximate surface area is 77.7 Å². The van der Waals surface area contributed by atoms with Gasteiger partial charge in [-0.25, -0.2) is 4.79 Å². The maximum absolute atomic E-state index is 10.8. The molecule has 0 aliphatic heterocycles. The van der Waals surface area contributed by atoms with Gasteiger partial charge in [-0.1, -0.05) is 0 Å². The molecule has 1 unspecified atom stereocenters. The summed E-state index contributed by atoms with van der Waals surface area (Å²) in [6.45, 7) is 10.2. The molecule has 0 bridgehead atoms. The van der Waals surface area contributed by atoms with Gasteiger partial charge in [0, 0.05) is 10.9 Å². The molecule has 0 heterocycles. The number of carboxylic acid groups (broad SMARTS) is 1. The van der Waals surface area contributed by atoms with Crippen molar-refractivity contribution < 1.29 is 9.90 Å². The summed E-state index contributed by atoms with van der Waals surface area (Å²) in [5, 5.41) is 9.59. The lowest BCUT2D eigenvalue weighted by Crippen LogP contribution is -2.38. The lowest BCUT2D eigenvalue weighted by molar-refractivity contribution is -0.136. The molecule has 0 amide bonds. The molecule has 0 rings (SSSR count). The van der Waals surface area contributed by atoms with Crippen LogP contribution in [0, 0.1) is 0 Å². The molecule has 0 saturated carbocycles. The van der Waals surface area contributed by atoms with Crippen LogP contribution in [0.25, 0.3) is 0 Å². The van der Waals surface area contributed by atoms with Crippen LogP contribution >= 0.6 is 0 Å². The fraction of sp³-hybridized carbons (Fsp3) is 0.889. The summed E-state index contributed by atoms with van der Waals surface area (Å²) in [7, 11) is -0.00231. The molecule has 12 heavy (non-hydrogen) atoms. The summed E-state index contributed by atoms with van der Waals surface area (Å²) in [6.07, 6.45) is 0. The third-order valence-corrected chi connectivity index (χ3v) is 5.04. The third-order valence-electron chi connectivity index (χ3n) is 1.84. The highest BCUT2D eigenvalue weighted by Gasteiger charge is 2.37. The second-order valence-corrected chi connectivity index (χ2v) is 6.90. The van der Waals surface area contributed by atoms with Crippen molar-refractivity contribution in [3.63, 3.8) is 0 Å². The van der Waals surface area contributed by atoms with Crippen LogP contribution in [0.5, 0.6) is 0 Å². The second kappa shape index (κ2) is 4.75. The van der Waals surface area contributed by atoms with Crippen LogP contribution in [-0.4, -0.2) is 26.8 Å². The Morgan fingerprint density at radius 3 is 1.50 bits per heavy atom. The first-order valence-electron chi connectivity index (χ1n) is 4.31. The van der Waals surface area contributed by atoms with Gasteiger partial charge >= 0.3 is 5.97 Å². The Morgan fingerprint density at radius 1 is 1.08 bits per heavy atom. The summed E-state index contributed by atoms with van der Waals surface area (Å²) < 4.78 is 0. The molecule has 3 heteroatoms. The summed E-state index contributed by atoms with van der Waals surface area (Å²) in [6, 6.07) is 0. The van der Waals surface area contributed by atoms with E-state index in [1.165, 1.54) is 0 Å². The van der Waals surface area contributed by atoms with Crippen LogP contribution in [0.2, 0.25) is 0 Å². The largest absolute Gasteiger partial charge is 0.478 e. The minimum absolute atomic E-state index is 0.00231. The predicted molar refractivity (Wildman–Crippen MR) is 54.7 cm³/mol. The first-order chi connectivity index (χ1) is 5.37. The SMILES string of the molecule is CC(C)[S+](C(C)C)C(C)C(=O)O. The molecule has 0 aromatic heterocycles. The Kier molecular flexibility index (Phi) is 4.68. The number of carboxylic acids is 1. The van der Waals surface area contributed by atoms with Gasteiger partial charge in [0.15, 0.2) is 0 Å². The summed E-state index contributed by atoms with van der Waals surface area (Å²) in [5.41, 5.74) is 0. The molecule has 0 aromatic rings. The van der Waals surface area contributed by atoms with Crippen LogP contribution in [0.4, 0.5) is 0 Å². The molecule has 0 aromatic carbocycles. The molecular formula is C9H19O2S+. The molecular weight excluding hydrogens is 172 g/mol. The number of hydrogen-bond donors (Lipinski definition) is 1. The fourth-order valence-electron chi connectivity index (χ4n) is 1.48. The Morgan fingerprint density at radius 2 is 1.42 bits per heavy atom. The molecule has 2 nitrogen and oxygen atoms in total. The fourth-order valence-corrected chi connectivity index (χ4v) is 4.43. The van der Waals surface area contributed by atoms with Crippen molar-refractivity contribution in [2.45, 2.75) is 50.4 Å². The van der Waals surface area contributed by atoms with Crippen LogP contribution in [0.15, 0.2) is 0 Å². The lowest BCUT2D eigenvalue weighted by Gasteiger charge is -2.18. The van der Waals surface area contributed by atoms with Crippen molar-refractivity contribution in [3.05, 3.63) is 0 Å². The first-order valence-corrected chi connectivity index (χ1v) is 5.72. The van der Waals surface area contributed by atoms with Gasteiger partial charge in [-0.05, 0) is 34.6 Å². The molecule has 72 valence electrons. The molecule has 0 fully saturated rings. The van der Waals surface area contributed by atoms with Crippen LogP contribution < -0.4 is 0 Å². The lowest BCUT2D eigenvalue weighted by atomic mass is 10.5. The van der Waals surface area contributed by atoms with E-state index in [0.717, 1.165) is 0 Å². The van der Waals surface area contributed by atoms with Gasteiger partial charge in [0.1, 0.15) is 10.5 Å². The van der Waals surface area contributed by atoms with E-state index < -0.39 is 5.97 Å². The Hall–Kier alpha value is -0.180. The number of hydrogen-bond acceptors (Lipinski definition) is 1. The number of aliphatic carboxylic acids is 1. The molecule has 0 aliphatic rings. The number of rotatable bonds is 4. The highest BCUT2D eigenvalue weighted by molar-refractivity contribution is 7.99. The monoisotopic (exact) mass is 191 g/mol. The normalized spacial score (nSPS) is 14.3. The zero-order valence-electron chi connectivity index (χ0n) is 8.50. The van der Waals surface area contributed by atoms with Gasteiger partial charge in [0.25, 0.3) is 0 Å². The average Bonchev–Trinajstić information content (AvgIpc) is 1.85. The molecule has 0 aliphatic carbocycles. The Bertz CT molecular complexity index is 147. The number of carbonyl (C=O) groups is 1. The minimum atomic E-state index is -0.666. The van der Waals surface area contributed by atoms with Gasteiger partial charge in [0.2, 0.25) is 5.25 Å². The van der Waals surface area contributed by atoms with E-state index in [-0.39, 0.29) is 16.1 Å². The zero-order chi connectivity index (χ0) is 9.89. The van der Waals surface area contributed by atoms with Crippen molar-refractivity contribution in [2.75, 3.05) is 0 Å².